The van der Waals surface area contributed by atoms with Crippen molar-refractivity contribution in [2.45, 2.75) is 0 Å². The quantitative estimate of drug-likeness (QED) is 0.757. The minimum atomic E-state index is 0.695. The van der Waals surface area contributed by atoms with Crippen LogP contribution in [-0.2, 0) is 0 Å². The Balaban J connectivity index is 2.36. The van der Waals surface area contributed by atoms with Crippen molar-refractivity contribution in [1.29, 1.82) is 0 Å². The summed E-state index contributed by atoms with van der Waals surface area (Å²) in [5, 5.41) is 13.1. The predicted octanol–water partition coefficient (Wildman–Crippen LogP) is 1.85. The van der Waals surface area contributed by atoms with Gasteiger partial charge in [-0.15, -0.1) is 9.94 Å². The van der Waals surface area contributed by atoms with E-state index in [0.29, 0.717) is 5.69 Å². The van der Waals surface area contributed by atoms with Gasteiger partial charge in [0, 0.05) is 25.3 Å². The third-order valence-electron chi connectivity index (χ3n) is 2.30. The molecule has 0 amide bonds. The van der Waals surface area contributed by atoms with Gasteiger partial charge in [0.15, 0.2) is 0 Å². The number of nitrogens with zero attached hydrogens (tertiary/aromatic N) is 3. The maximum Gasteiger partial charge on any atom is 0.110 e. The fourth-order valence-electron chi connectivity index (χ4n) is 1.44. The fourth-order valence-corrected chi connectivity index (χ4v) is 1.44. The molecule has 0 radical (unpaired) electrons. The van der Waals surface area contributed by atoms with Gasteiger partial charge < -0.3 is 10.1 Å². The van der Waals surface area contributed by atoms with Gasteiger partial charge in [0.05, 0.1) is 6.20 Å². The van der Waals surface area contributed by atoms with Crippen LogP contribution in [0.1, 0.15) is 0 Å². The molecular formula is C11H13N3O. The lowest BCUT2D eigenvalue weighted by Gasteiger charge is -2.12. The van der Waals surface area contributed by atoms with Crippen LogP contribution < -0.4 is 4.90 Å². The van der Waals surface area contributed by atoms with Gasteiger partial charge in [-0.3, -0.25) is 0 Å². The monoisotopic (exact) mass is 203 g/mol. The molecule has 0 unspecified atom stereocenters. The molecule has 2 rings (SSSR count). The number of anilines is 1. The normalized spacial score (nSPS) is 10.3. The summed E-state index contributed by atoms with van der Waals surface area (Å²) in [4.78, 5) is 2.91. The molecule has 1 aromatic carbocycles. The molecule has 1 heterocycles. The lowest BCUT2D eigenvalue weighted by Crippen LogP contribution is -2.08. The zero-order valence-electron chi connectivity index (χ0n) is 8.75. The maximum atomic E-state index is 9.38. The molecule has 0 bridgehead atoms. The average molecular weight is 203 g/mol. The Kier molecular flexibility index (Phi) is 2.33. The van der Waals surface area contributed by atoms with Gasteiger partial charge in [-0.05, 0) is 18.2 Å². The minimum absolute atomic E-state index is 0.695. The molecule has 78 valence electrons. The van der Waals surface area contributed by atoms with E-state index in [2.05, 4.69) is 5.10 Å². The van der Waals surface area contributed by atoms with Gasteiger partial charge in [0.1, 0.15) is 5.69 Å². The summed E-state index contributed by atoms with van der Waals surface area (Å²) in [6.45, 7) is 0. The Hall–Kier alpha value is -1.97. The third kappa shape index (κ3) is 1.79. The van der Waals surface area contributed by atoms with Gasteiger partial charge in [-0.2, -0.15) is 0 Å². The second-order valence-corrected chi connectivity index (χ2v) is 3.55. The van der Waals surface area contributed by atoms with E-state index >= 15 is 0 Å². The van der Waals surface area contributed by atoms with E-state index in [1.54, 1.807) is 12.3 Å². The summed E-state index contributed by atoms with van der Waals surface area (Å²) in [7, 11) is 3.98. The Morgan fingerprint density at radius 1 is 1.13 bits per heavy atom. The Morgan fingerprint density at radius 2 is 1.80 bits per heavy atom. The second-order valence-electron chi connectivity index (χ2n) is 3.55. The fraction of sp³-hybridized carbons (Fsp3) is 0.182. The van der Waals surface area contributed by atoms with Crippen LogP contribution >= 0.6 is 0 Å². The highest BCUT2D eigenvalue weighted by molar-refractivity contribution is 5.62. The number of hydrogen-bond donors (Lipinski definition) is 1. The lowest BCUT2D eigenvalue weighted by atomic mass is 10.1. The van der Waals surface area contributed by atoms with Crippen molar-refractivity contribution < 1.29 is 5.21 Å². The molecule has 4 heteroatoms. The number of benzene rings is 1. The molecule has 0 saturated heterocycles. The maximum absolute atomic E-state index is 9.38. The predicted molar refractivity (Wildman–Crippen MR) is 59.2 cm³/mol. The van der Waals surface area contributed by atoms with Gasteiger partial charge >= 0.3 is 0 Å². The smallest absolute Gasteiger partial charge is 0.110 e. The first kappa shape index (κ1) is 9.58. The van der Waals surface area contributed by atoms with E-state index in [1.807, 2.05) is 43.3 Å². The third-order valence-corrected chi connectivity index (χ3v) is 2.30. The van der Waals surface area contributed by atoms with Crippen LogP contribution in [0.3, 0.4) is 0 Å². The van der Waals surface area contributed by atoms with Gasteiger partial charge in [-0.1, -0.05) is 12.1 Å². The van der Waals surface area contributed by atoms with Crippen molar-refractivity contribution >= 4 is 5.69 Å². The number of rotatable bonds is 2. The molecule has 2 aromatic rings. The highest BCUT2D eigenvalue weighted by Gasteiger charge is 2.04. The summed E-state index contributed by atoms with van der Waals surface area (Å²) in [6, 6.07) is 9.69. The zero-order valence-corrected chi connectivity index (χ0v) is 8.75. The Labute approximate surface area is 88.3 Å². The molecular weight excluding hydrogens is 190 g/mol. The average Bonchev–Trinajstić information content (AvgIpc) is 2.65. The number of aromatic nitrogens is 2. The standard InChI is InChI=1S/C11H13N3O/c1-13(2)10-5-3-9(4-6-10)11-7-8-12-14(11)15/h3-8,15H,1-2H3. The van der Waals surface area contributed by atoms with Crippen molar-refractivity contribution in [2.24, 2.45) is 0 Å². The first-order valence-electron chi connectivity index (χ1n) is 4.69. The van der Waals surface area contributed by atoms with Crippen molar-refractivity contribution in [2.75, 3.05) is 19.0 Å². The molecule has 0 aliphatic heterocycles. The van der Waals surface area contributed by atoms with Crippen LogP contribution in [0.4, 0.5) is 5.69 Å². The topological polar surface area (TPSA) is 41.3 Å². The summed E-state index contributed by atoms with van der Waals surface area (Å²) in [5.74, 6) is 0. The molecule has 1 aromatic heterocycles. The van der Waals surface area contributed by atoms with Gasteiger partial charge in [-0.25, -0.2) is 0 Å². The summed E-state index contributed by atoms with van der Waals surface area (Å²) < 4.78 is 0. The van der Waals surface area contributed by atoms with Gasteiger partial charge in [0.2, 0.25) is 0 Å². The Morgan fingerprint density at radius 3 is 2.27 bits per heavy atom. The van der Waals surface area contributed by atoms with Crippen molar-refractivity contribution in [3.05, 3.63) is 36.5 Å². The van der Waals surface area contributed by atoms with Crippen LogP contribution in [0, 0.1) is 0 Å². The summed E-state index contributed by atoms with van der Waals surface area (Å²) in [5.41, 5.74) is 2.77. The van der Waals surface area contributed by atoms with E-state index in [1.165, 1.54) is 0 Å². The Bertz CT molecular complexity index is 445. The molecule has 0 atom stereocenters. The van der Waals surface area contributed by atoms with Crippen LogP contribution in [0.2, 0.25) is 0 Å². The van der Waals surface area contributed by atoms with Crippen LogP contribution in [0.5, 0.6) is 0 Å². The van der Waals surface area contributed by atoms with Crippen LogP contribution in [0.25, 0.3) is 11.3 Å². The first-order valence-corrected chi connectivity index (χ1v) is 4.69. The first-order chi connectivity index (χ1) is 7.18. The molecule has 0 aliphatic rings. The second kappa shape index (κ2) is 3.65. The van der Waals surface area contributed by atoms with Gasteiger partial charge in [0.25, 0.3) is 0 Å². The highest BCUT2D eigenvalue weighted by Crippen LogP contribution is 2.21. The van der Waals surface area contributed by atoms with Crippen LogP contribution in [0.15, 0.2) is 36.5 Å². The van der Waals surface area contributed by atoms with Crippen molar-refractivity contribution in [3.63, 3.8) is 0 Å². The lowest BCUT2D eigenvalue weighted by molar-refractivity contribution is 0.153. The molecule has 0 spiro atoms. The molecule has 0 fully saturated rings. The zero-order chi connectivity index (χ0) is 10.8. The number of hydrogen-bond acceptors (Lipinski definition) is 3. The molecule has 15 heavy (non-hydrogen) atoms. The molecule has 4 nitrogen and oxygen atoms in total. The van der Waals surface area contributed by atoms with E-state index in [4.69, 9.17) is 0 Å². The molecule has 1 N–H and O–H groups in total. The highest BCUT2D eigenvalue weighted by atomic mass is 16.5. The largest absolute Gasteiger partial charge is 0.411 e. The molecule has 0 aliphatic carbocycles. The van der Waals surface area contributed by atoms with E-state index in [0.717, 1.165) is 16.1 Å². The summed E-state index contributed by atoms with van der Waals surface area (Å²) >= 11 is 0. The SMILES string of the molecule is CN(C)c1ccc(-c2ccnn2O)cc1. The van der Waals surface area contributed by atoms with Crippen molar-refractivity contribution in [3.8, 4) is 11.3 Å². The minimum Gasteiger partial charge on any atom is -0.411 e. The summed E-state index contributed by atoms with van der Waals surface area (Å²) in [6.07, 6.45) is 1.56. The van der Waals surface area contributed by atoms with Crippen LogP contribution in [-0.4, -0.2) is 29.2 Å². The van der Waals surface area contributed by atoms with E-state index in [-0.39, 0.29) is 0 Å². The van der Waals surface area contributed by atoms with E-state index in [9.17, 15) is 5.21 Å². The van der Waals surface area contributed by atoms with Crippen molar-refractivity contribution in [1.82, 2.24) is 9.94 Å². The van der Waals surface area contributed by atoms with E-state index < -0.39 is 0 Å². The molecule has 0 saturated carbocycles.